The van der Waals surface area contributed by atoms with Gasteiger partial charge < -0.3 is 10.4 Å². The maximum atomic E-state index is 12.8. The Kier molecular flexibility index (Phi) is 6.64. The number of likely N-dealkylation sites (tertiary alicyclic amines) is 1. The molecule has 25 heavy (non-hydrogen) atoms. The van der Waals surface area contributed by atoms with Crippen LogP contribution in [-0.2, 0) is 4.79 Å². The van der Waals surface area contributed by atoms with Gasteiger partial charge in [0.2, 0.25) is 5.91 Å². The first kappa shape index (κ1) is 19.9. The number of benzene rings is 1. The molecule has 1 aromatic rings. The predicted octanol–water partition coefficient (Wildman–Crippen LogP) is 3.93. The molecule has 1 saturated heterocycles. The molecule has 1 aromatic carbocycles. The second-order valence-electron chi connectivity index (χ2n) is 7.91. The van der Waals surface area contributed by atoms with Gasteiger partial charge in [-0.1, -0.05) is 39.0 Å². The van der Waals surface area contributed by atoms with Gasteiger partial charge in [0.25, 0.3) is 0 Å². The predicted molar refractivity (Wildman–Crippen MR) is 104 cm³/mol. The highest BCUT2D eigenvalue weighted by atomic mass is 16.3. The first-order valence-corrected chi connectivity index (χ1v) is 9.59. The number of aryl methyl sites for hydroxylation is 1. The first-order valence-electron chi connectivity index (χ1n) is 9.59. The van der Waals surface area contributed by atoms with E-state index in [0.717, 1.165) is 43.6 Å². The summed E-state index contributed by atoms with van der Waals surface area (Å²) in [6, 6.07) is 6.03. The number of amides is 1. The normalized spacial score (nSPS) is 19.0. The van der Waals surface area contributed by atoms with E-state index in [1.807, 2.05) is 26.0 Å². The minimum Gasteiger partial charge on any atom is -0.396 e. The zero-order valence-corrected chi connectivity index (χ0v) is 16.4. The summed E-state index contributed by atoms with van der Waals surface area (Å²) >= 11 is 0. The zero-order valence-electron chi connectivity index (χ0n) is 16.4. The third-order valence-corrected chi connectivity index (χ3v) is 6.05. The third kappa shape index (κ3) is 4.42. The van der Waals surface area contributed by atoms with Crippen LogP contribution in [0.3, 0.4) is 0 Å². The number of aliphatic hydroxyl groups excluding tert-OH is 1. The number of rotatable bonds is 6. The van der Waals surface area contributed by atoms with E-state index in [9.17, 15) is 9.90 Å². The van der Waals surface area contributed by atoms with Crippen molar-refractivity contribution in [2.45, 2.75) is 65.8 Å². The van der Waals surface area contributed by atoms with Crippen LogP contribution >= 0.6 is 0 Å². The number of carbonyl (C=O) groups excluding carboxylic acids is 1. The molecule has 0 aliphatic carbocycles. The summed E-state index contributed by atoms with van der Waals surface area (Å²) in [4.78, 5) is 15.1. The van der Waals surface area contributed by atoms with Crippen LogP contribution in [-0.4, -0.2) is 41.7 Å². The molecule has 0 spiro atoms. The van der Waals surface area contributed by atoms with Gasteiger partial charge in [0.05, 0.1) is 6.04 Å². The van der Waals surface area contributed by atoms with E-state index in [2.05, 4.69) is 37.1 Å². The molecule has 2 N–H and O–H groups in total. The molecule has 0 saturated carbocycles. The fourth-order valence-electron chi connectivity index (χ4n) is 3.74. The Hall–Kier alpha value is -1.39. The van der Waals surface area contributed by atoms with Crippen LogP contribution in [0.2, 0.25) is 0 Å². The summed E-state index contributed by atoms with van der Waals surface area (Å²) < 4.78 is 0. The molecular formula is C21H34N2O2. The van der Waals surface area contributed by atoms with Crippen molar-refractivity contribution >= 4 is 11.6 Å². The van der Waals surface area contributed by atoms with Gasteiger partial charge in [-0.15, -0.1) is 0 Å². The lowest BCUT2D eigenvalue weighted by Crippen LogP contribution is -2.49. The minimum absolute atomic E-state index is 0.0491. The number of hydrogen-bond donors (Lipinski definition) is 2. The van der Waals surface area contributed by atoms with Gasteiger partial charge in [-0.2, -0.15) is 0 Å². The largest absolute Gasteiger partial charge is 0.396 e. The van der Waals surface area contributed by atoms with Crippen molar-refractivity contribution in [3.63, 3.8) is 0 Å². The number of piperidine rings is 1. The van der Waals surface area contributed by atoms with E-state index in [0.29, 0.717) is 5.92 Å². The topological polar surface area (TPSA) is 52.6 Å². The molecule has 1 aliphatic rings. The van der Waals surface area contributed by atoms with Crippen molar-refractivity contribution in [3.05, 3.63) is 29.3 Å². The van der Waals surface area contributed by atoms with Gasteiger partial charge in [-0.05, 0) is 68.7 Å². The van der Waals surface area contributed by atoms with Crippen LogP contribution in [0.25, 0.3) is 0 Å². The Bertz CT molecular complexity index is 584. The fourth-order valence-corrected chi connectivity index (χ4v) is 3.74. The summed E-state index contributed by atoms with van der Waals surface area (Å²) in [6.07, 6.45) is 2.91. The Morgan fingerprint density at radius 3 is 2.44 bits per heavy atom. The summed E-state index contributed by atoms with van der Waals surface area (Å²) in [6.45, 7) is 12.5. The lowest BCUT2D eigenvalue weighted by atomic mass is 9.76. The van der Waals surface area contributed by atoms with Crippen LogP contribution in [0.15, 0.2) is 18.2 Å². The number of nitrogens with zero attached hydrogens (tertiary/aromatic N) is 1. The zero-order chi connectivity index (χ0) is 18.6. The van der Waals surface area contributed by atoms with Crippen molar-refractivity contribution < 1.29 is 9.90 Å². The SMILES string of the molecule is CCC1(CO)CCN(C(C)C(=O)Nc2c(C)cccc2C(C)C)CC1. The van der Waals surface area contributed by atoms with Gasteiger partial charge >= 0.3 is 0 Å². The molecule has 4 heteroatoms. The number of aliphatic hydroxyl groups is 1. The fraction of sp³-hybridized carbons (Fsp3) is 0.667. The molecule has 1 heterocycles. The monoisotopic (exact) mass is 346 g/mol. The van der Waals surface area contributed by atoms with Crippen molar-refractivity contribution in [3.8, 4) is 0 Å². The standard InChI is InChI=1S/C21H34N2O2/c1-6-21(14-24)10-12-23(13-11-21)17(5)20(25)22-19-16(4)8-7-9-18(19)15(2)3/h7-9,15,17,24H,6,10-14H2,1-5H3,(H,22,25). The summed E-state index contributed by atoms with van der Waals surface area (Å²) in [5.74, 6) is 0.430. The molecule has 140 valence electrons. The molecule has 2 rings (SSSR count). The number of carbonyl (C=O) groups is 1. The van der Waals surface area contributed by atoms with Crippen molar-refractivity contribution in [1.82, 2.24) is 4.90 Å². The lowest BCUT2D eigenvalue weighted by molar-refractivity contribution is -0.121. The van der Waals surface area contributed by atoms with Gasteiger partial charge in [-0.3, -0.25) is 9.69 Å². The van der Waals surface area contributed by atoms with Crippen molar-refractivity contribution in [2.75, 3.05) is 25.0 Å². The molecule has 1 amide bonds. The molecular weight excluding hydrogens is 312 g/mol. The van der Waals surface area contributed by atoms with E-state index in [4.69, 9.17) is 0 Å². The van der Waals surface area contributed by atoms with Gasteiger partial charge in [-0.25, -0.2) is 0 Å². The smallest absolute Gasteiger partial charge is 0.241 e. The van der Waals surface area contributed by atoms with Crippen LogP contribution in [0.4, 0.5) is 5.69 Å². The van der Waals surface area contributed by atoms with E-state index in [1.165, 1.54) is 5.56 Å². The Morgan fingerprint density at radius 1 is 1.28 bits per heavy atom. The number of nitrogens with one attached hydrogen (secondary N) is 1. The summed E-state index contributed by atoms with van der Waals surface area (Å²) in [5, 5.41) is 12.9. The van der Waals surface area contributed by atoms with Crippen LogP contribution in [0.5, 0.6) is 0 Å². The summed E-state index contributed by atoms with van der Waals surface area (Å²) in [5.41, 5.74) is 3.30. The maximum absolute atomic E-state index is 12.8. The molecule has 1 unspecified atom stereocenters. The minimum atomic E-state index is -0.159. The number of para-hydroxylation sites is 1. The maximum Gasteiger partial charge on any atom is 0.241 e. The van der Waals surface area contributed by atoms with Gasteiger partial charge in [0, 0.05) is 12.3 Å². The number of anilines is 1. The Morgan fingerprint density at radius 2 is 1.92 bits per heavy atom. The van der Waals surface area contributed by atoms with E-state index in [-0.39, 0.29) is 24.0 Å². The van der Waals surface area contributed by atoms with Gasteiger partial charge in [0.15, 0.2) is 0 Å². The third-order valence-electron chi connectivity index (χ3n) is 6.05. The highest BCUT2D eigenvalue weighted by Crippen LogP contribution is 2.35. The Balaban J connectivity index is 2.05. The van der Waals surface area contributed by atoms with Crippen LogP contribution < -0.4 is 5.32 Å². The Labute approximate surface area is 152 Å². The average Bonchev–Trinajstić information content (AvgIpc) is 2.62. The van der Waals surface area contributed by atoms with Gasteiger partial charge in [0.1, 0.15) is 0 Å². The van der Waals surface area contributed by atoms with E-state index >= 15 is 0 Å². The second kappa shape index (κ2) is 8.33. The van der Waals surface area contributed by atoms with Crippen molar-refractivity contribution in [1.29, 1.82) is 0 Å². The molecule has 1 atom stereocenters. The molecule has 1 aliphatic heterocycles. The van der Waals surface area contributed by atoms with Crippen molar-refractivity contribution in [2.24, 2.45) is 5.41 Å². The second-order valence-corrected chi connectivity index (χ2v) is 7.91. The molecule has 0 radical (unpaired) electrons. The first-order chi connectivity index (χ1) is 11.8. The van der Waals surface area contributed by atoms with Crippen LogP contribution in [0, 0.1) is 12.3 Å². The van der Waals surface area contributed by atoms with E-state index in [1.54, 1.807) is 0 Å². The highest BCUT2D eigenvalue weighted by Gasteiger charge is 2.35. The highest BCUT2D eigenvalue weighted by molar-refractivity contribution is 5.96. The molecule has 0 bridgehead atoms. The summed E-state index contributed by atoms with van der Waals surface area (Å²) in [7, 11) is 0. The van der Waals surface area contributed by atoms with Crippen LogP contribution in [0.1, 0.15) is 64.0 Å². The molecule has 1 fully saturated rings. The average molecular weight is 347 g/mol. The lowest BCUT2D eigenvalue weighted by Gasteiger charge is -2.42. The quantitative estimate of drug-likeness (QED) is 0.820. The molecule has 4 nitrogen and oxygen atoms in total. The van der Waals surface area contributed by atoms with E-state index < -0.39 is 0 Å². The number of hydrogen-bond acceptors (Lipinski definition) is 3. The molecule has 0 aromatic heterocycles.